The molecule has 19 heavy (non-hydrogen) atoms. The molecule has 1 unspecified atom stereocenters. The van der Waals surface area contributed by atoms with Gasteiger partial charge < -0.3 is 5.73 Å². The fourth-order valence-electron chi connectivity index (χ4n) is 2.35. The number of hydrogen-bond acceptors (Lipinski definition) is 1. The van der Waals surface area contributed by atoms with Crippen LogP contribution in [0.2, 0.25) is 0 Å². The summed E-state index contributed by atoms with van der Waals surface area (Å²) in [6.45, 7) is 4.11. The van der Waals surface area contributed by atoms with E-state index in [2.05, 4.69) is 48.0 Å². The lowest BCUT2D eigenvalue weighted by Gasteiger charge is -2.14. The second kappa shape index (κ2) is 5.85. The third-order valence-electron chi connectivity index (χ3n) is 3.09. The molecular formula is C16H17BrFN. The van der Waals surface area contributed by atoms with Crippen molar-refractivity contribution < 1.29 is 4.39 Å². The quantitative estimate of drug-likeness (QED) is 0.888. The lowest BCUT2D eigenvalue weighted by molar-refractivity contribution is 0.580. The highest BCUT2D eigenvalue weighted by atomic mass is 79.9. The minimum absolute atomic E-state index is 0.250. The molecule has 0 heterocycles. The zero-order valence-corrected chi connectivity index (χ0v) is 12.7. The Kier molecular flexibility index (Phi) is 4.38. The van der Waals surface area contributed by atoms with Crippen LogP contribution >= 0.6 is 15.9 Å². The van der Waals surface area contributed by atoms with E-state index < -0.39 is 0 Å². The van der Waals surface area contributed by atoms with Gasteiger partial charge in [0.1, 0.15) is 5.82 Å². The molecule has 0 spiro atoms. The summed E-state index contributed by atoms with van der Waals surface area (Å²) in [5.41, 5.74) is 10.2. The van der Waals surface area contributed by atoms with Crippen molar-refractivity contribution in [3.63, 3.8) is 0 Å². The summed E-state index contributed by atoms with van der Waals surface area (Å²) in [7, 11) is 0. The Morgan fingerprint density at radius 1 is 1.11 bits per heavy atom. The van der Waals surface area contributed by atoms with Gasteiger partial charge in [0.2, 0.25) is 0 Å². The van der Waals surface area contributed by atoms with E-state index in [4.69, 9.17) is 5.73 Å². The molecule has 2 N–H and O–H groups in total. The van der Waals surface area contributed by atoms with Crippen LogP contribution in [-0.4, -0.2) is 0 Å². The van der Waals surface area contributed by atoms with Gasteiger partial charge in [-0.15, -0.1) is 0 Å². The zero-order chi connectivity index (χ0) is 14.0. The minimum Gasteiger partial charge on any atom is -0.324 e. The van der Waals surface area contributed by atoms with Gasteiger partial charge in [0, 0.05) is 16.1 Å². The van der Waals surface area contributed by atoms with E-state index in [0.29, 0.717) is 12.0 Å². The lowest BCUT2D eigenvalue weighted by atomic mass is 9.97. The summed E-state index contributed by atoms with van der Waals surface area (Å²) in [6.07, 6.45) is 0.635. The largest absolute Gasteiger partial charge is 0.324 e. The van der Waals surface area contributed by atoms with E-state index in [1.165, 1.54) is 17.2 Å². The fraction of sp³-hybridized carbons (Fsp3) is 0.250. The first-order valence-electron chi connectivity index (χ1n) is 6.23. The summed E-state index contributed by atoms with van der Waals surface area (Å²) in [6, 6.07) is 10.9. The molecule has 100 valence electrons. The van der Waals surface area contributed by atoms with Gasteiger partial charge in [0.15, 0.2) is 0 Å². The Morgan fingerprint density at radius 3 is 2.37 bits per heavy atom. The molecule has 0 fully saturated rings. The molecule has 0 bridgehead atoms. The fourth-order valence-corrected chi connectivity index (χ4v) is 2.73. The van der Waals surface area contributed by atoms with Crippen molar-refractivity contribution in [2.45, 2.75) is 26.3 Å². The van der Waals surface area contributed by atoms with Crippen molar-refractivity contribution in [1.29, 1.82) is 0 Å². The van der Waals surface area contributed by atoms with E-state index in [-0.39, 0.29) is 11.9 Å². The number of nitrogens with two attached hydrogens (primary N) is 1. The monoisotopic (exact) mass is 321 g/mol. The Morgan fingerprint density at radius 2 is 1.74 bits per heavy atom. The normalized spacial score (nSPS) is 12.5. The van der Waals surface area contributed by atoms with Gasteiger partial charge in [0.05, 0.1) is 0 Å². The van der Waals surface area contributed by atoms with Gasteiger partial charge >= 0.3 is 0 Å². The van der Waals surface area contributed by atoms with Crippen LogP contribution in [0.15, 0.2) is 40.9 Å². The Bertz CT molecular complexity index is 575. The van der Waals surface area contributed by atoms with Gasteiger partial charge in [-0.25, -0.2) is 4.39 Å². The molecule has 0 aliphatic carbocycles. The second-order valence-corrected chi connectivity index (χ2v) is 5.89. The van der Waals surface area contributed by atoms with Crippen LogP contribution in [0.3, 0.4) is 0 Å². The molecule has 0 radical (unpaired) electrons. The predicted molar refractivity (Wildman–Crippen MR) is 80.6 cm³/mol. The first-order valence-corrected chi connectivity index (χ1v) is 7.02. The van der Waals surface area contributed by atoms with E-state index in [0.717, 1.165) is 10.0 Å². The molecule has 0 saturated carbocycles. The van der Waals surface area contributed by atoms with Crippen LogP contribution in [0.4, 0.5) is 4.39 Å². The van der Waals surface area contributed by atoms with Crippen LogP contribution in [0.25, 0.3) is 0 Å². The zero-order valence-electron chi connectivity index (χ0n) is 11.1. The summed E-state index contributed by atoms with van der Waals surface area (Å²) >= 11 is 3.35. The van der Waals surface area contributed by atoms with E-state index in [1.807, 2.05) is 0 Å². The number of hydrogen-bond donors (Lipinski definition) is 1. The molecular weight excluding hydrogens is 305 g/mol. The van der Waals surface area contributed by atoms with Gasteiger partial charge in [-0.05, 0) is 44.0 Å². The van der Waals surface area contributed by atoms with Crippen molar-refractivity contribution in [1.82, 2.24) is 0 Å². The Labute approximate surface area is 121 Å². The number of rotatable bonds is 3. The molecule has 0 aromatic heterocycles. The summed E-state index contributed by atoms with van der Waals surface area (Å²) in [5, 5.41) is 0. The van der Waals surface area contributed by atoms with Crippen molar-refractivity contribution in [3.8, 4) is 0 Å². The molecule has 0 amide bonds. The highest BCUT2D eigenvalue weighted by Gasteiger charge is 2.13. The molecule has 2 aromatic rings. The summed E-state index contributed by atoms with van der Waals surface area (Å²) in [5.74, 6) is -0.250. The second-order valence-electron chi connectivity index (χ2n) is 4.97. The van der Waals surface area contributed by atoms with Crippen molar-refractivity contribution in [3.05, 3.63) is 68.9 Å². The van der Waals surface area contributed by atoms with E-state index in [1.54, 1.807) is 12.1 Å². The van der Waals surface area contributed by atoms with Crippen molar-refractivity contribution in [2.75, 3.05) is 0 Å². The third-order valence-corrected chi connectivity index (χ3v) is 3.59. The number of halogens is 2. The number of aryl methyl sites for hydroxylation is 2. The van der Waals surface area contributed by atoms with Crippen LogP contribution in [0, 0.1) is 19.7 Å². The Balaban J connectivity index is 2.25. The van der Waals surface area contributed by atoms with Crippen LogP contribution in [0.5, 0.6) is 0 Å². The molecule has 3 heteroatoms. The average Bonchev–Trinajstić information content (AvgIpc) is 2.30. The first-order chi connectivity index (χ1) is 8.95. The summed E-state index contributed by atoms with van der Waals surface area (Å²) in [4.78, 5) is 0. The van der Waals surface area contributed by atoms with Gasteiger partial charge in [-0.3, -0.25) is 0 Å². The molecule has 2 rings (SSSR count). The van der Waals surface area contributed by atoms with Crippen LogP contribution in [-0.2, 0) is 6.42 Å². The van der Waals surface area contributed by atoms with Gasteiger partial charge in [-0.1, -0.05) is 45.3 Å². The molecule has 0 aliphatic heterocycles. The molecule has 1 atom stereocenters. The minimum atomic E-state index is -0.335. The summed E-state index contributed by atoms with van der Waals surface area (Å²) < 4.78 is 14.6. The maximum atomic E-state index is 13.8. The molecule has 0 saturated heterocycles. The van der Waals surface area contributed by atoms with Crippen molar-refractivity contribution >= 4 is 15.9 Å². The van der Waals surface area contributed by atoms with Crippen LogP contribution in [0.1, 0.15) is 28.3 Å². The third kappa shape index (κ3) is 3.64. The maximum absolute atomic E-state index is 13.8. The topological polar surface area (TPSA) is 26.0 Å². The average molecular weight is 322 g/mol. The smallest absolute Gasteiger partial charge is 0.128 e. The SMILES string of the molecule is Cc1cc(C)cc(CC(N)c2cc(Br)ccc2F)c1. The molecule has 1 nitrogen and oxygen atoms in total. The maximum Gasteiger partial charge on any atom is 0.128 e. The molecule has 0 aliphatic rings. The first kappa shape index (κ1) is 14.2. The van der Waals surface area contributed by atoms with Crippen molar-refractivity contribution in [2.24, 2.45) is 5.73 Å². The highest BCUT2D eigenvalue weighted by Crippen LogP contribution is 2.23. The number of benzene rings is 2. The lowest BCUT2D eigenvalue weighted by Crippen LogP contribution is -2.15. The van der Waals surface area contributed by atoms with E-state index in [9.17, 15) is 4.39 Å². The molecule has 2 aromatic carbocycles. The predicted octanol–water partition coefficient (Wildman–Crippen LogP) is 4.45. The Hall–Kier alpha value is -1.19. The van der Waals surface area contributed by atoms with Gasteiger partial charge in [0.25, 0.3) is 0 Å². The van der Waals surface area contributed by atoms with E-state index >= 15 is 0 Å². The van der Waals surface area contributed by atoms with Crippen LogP contribution < -0.4 is 5.73 Å². The standard InChI is InChI=1S/C16H17BrFN/c1-10-5-11(2)7-12(6-10)8-16(19)14-9-13(17)3-4-15(14)18/h3-7,9,16H,8,19H2,1-2H3. The van der Waals surface area contributed by atoms with Gasteiger partial charge in [-0.2, -0.15) is 0 Å². The highest BCUT2D eigenvalue weighted by molar-refractivity contribution is 9.10.